The topological polar surface area (TPSA) is 61.8 Å². The zero-order chi connectivity index (χ0) is 17.8. The van der Waals surface area contributed by atoms with Gasteiger partial charge in [-0.15, -0.1) is 0 Å². The molecule has 0 aliphatic carbocycles. The molecular weight excluding hydrogens is 321 g/mol. The second kappa shape index (κ2) is 7.25. The molecule has 0 unspecified atom stereocenters. The highest BCUT2D eigenvalue weighted by Gasteiger charge is 2.25. The number of amides is 2. The van der Waals surface area contributed by atoms with Crippen LogP contribution in [0.25, 0.3) is 0 Å². The summed E-state index contributed by atoms with van der Waals surface area (Å²) in [7, 11) is 0. The van der Waals surface area contributed by atoms with Crippen molar-refractivity contribution in [1.29, 1.82) is 0 Å². The standard InChI is InChI=1S/C19H18FN3O2/c1-13-2-8-16(9-3-13)23-18(24)11-10-17(22-23)19(25)21-12-14-4-6-15(20)7-5-14/h2-9H,10-12H2,1H3,(H,21,25). The van der Waals surface area contributed by atoms with Crippen LogP contribution in [0.2, 0.25) is 0 Å². The normalized spacial score (nSPS) is 14.2. The van der Waals surface area contributed by atoms with Crippen molar-refractivity contribution in [1.82, 2.24) is 5.32 Å². The van der Waals surface area contributed by atoms with Crippen LogP contribution in [0.15, 0.2) is 53.6 Å². The molecule has 3 rings (SSSR count). The number of rotatable bonds is 4. The molecule has 2 amide bonds. The second-order valence-corrected chi connectivity index (χ2v) is 5.90. The summed E-state index contributed by atoms with van der Waals surface area (Å²) in [5.41, 5.74) is 2.81. The maximum atomic E-state index is 12.9. The molecular formula is C19H18FN3O2. The van der Waals surface area contributed by atoms with Crippen LogP contribution in [-0.4, -0.2) is 17.5 Å². The van der Waals surface area contributed by atoms with Gasteiger partial charge in [-0.05, 0) is 36.8 Å². The summed E-state index contributed by atoms with van der Waals surface area (Å²) in [6, 6.07) is 13.3. The fourth-order valence-corrected chi connectivity index (χ4v) is 2.49. The minimum atomic E-state index is -0.325. The molecule has 1 aliphatic rings. The van der Waals surface area contributed by atoms with E-state index in [1.165, 1.54) is 17.1 Å². The molecule has 1 heterocycles. The minimum absolute atomic E-state index is 0.140. The minimum Gasteiger partial charge on any atom is -0.347 e. The third kappa shape index (κ3) is 4.09. The molecule has 0 atom stereocenters. The molecule has 5 nitrogen and oxygen atoms in total. The molecule has 25 heavy (non-hydrogen) atoms. The van der Waals surface area contributed by atoms with Gasteiger partial charge in [0.25, 0.3) is 5.91 Å². The fourth-order valence-electron chi connectivity index (χ4n) is 2.49. The summed E-state index contributed by atoms with van der Waals surface area (Å²) < 4.78 is 12.9. The molecule has 2 aromatic rings. The highest BCUT2D eigenvalue weighted by atomic mass is 19.1. The van der Waals surface area contributed by atoms with E-state index in [4.69, 9.17) is 0 Å². The first kappa shape index (κ1) is 16.8. The average Bonchev–Trinajstić information content (AvgIpc) is 2.62. The maximum absolute atomic E-state index is 12.9. The molecule has 1 aliphatic heterocycles. The lowest BCUT2D eigenvalue weighted by molar-refractivity contribution is -0.119. The van der Waals surface area contributed by atoms with Gasteiger partial charge < -0.3 is 5.32 Å². The van der Waals surface area contributed by atoms with Crippen molar-refractivity contribution in [3.63, 3.8) is 0 Å². The van der Waals surface area contributed by atoms with Gasteiger partial charge in [-0.25, -0.2) is 9.40 Å². The Morgan fingerprint density at radius 3 is 2.48 bits per heavy atom. The summed E-state index contributed by atoms with van der Waals surface area (Å²) in [6.07, 6.45) is 0.535. The Kier molecular flexibility index (Phi) is 4.88. The molecule has 128 valence electrons. The first-order valence-corrected chi connectivity index (χ1v) is 8.02. The summed E-state index contributed by atoms with van der Waals surface area (Å²) in [5.74, 6) is -0.785. The van der Waals surface area contributed by atoms with Crippen LogP contribution < -0.4 is 10.3 Å². The average molecular weight is 339 g/mol. The number of hydrogen-bond donors (Lipinski definition) is 1. The van der Waals surface area contributed by atoms with Gasteiger partial charge in [0.05, 0.1) is 5.69 Å². The number of carbonyl (C=O) groups excluding carboxylic acids is 2. The van der Waals surface area contributed by atoms with Gasteiger partial charge in [0.1, 0.15) is 11.5 Å². The lowest BCUT2D eigenvalue weighted by Gasteiger charge is -2.23. The van der Waals surface area contributed by atoms with Crippen LogP contribution in [0.1, 0.15) is 24.0 Å². The Labute approximate surface area is 145 Å². The van der Waals surface area contributed by atoms with Crippen LogP contribution in [0, 0.1) is 12.7 Å². The summed E-state index contributed by atoms with van der Waals surface area (Å²) in [5, 5.41) is 8.24. The van der Waals surface area contributed by atoms with Gasteiger partial charge >= 0.3 is 0 Å². The molecule has 6 heteroatoms. The summed E-state index contributed by atoms with van der Waals surface area (Å²) in [6.45, 7) is 2.23. The van der Waals surface area contributed by atoms with E-state index in [1.54, 1.807) is 24.3 Å². The lowest BCUT2D eigenvalue weighted by atomic mass is 10.1. The number of hydrazone groups is 1. The smallest absolute Gasteiger partial charge is 0.267 e. The van der Waals surface area contributed by atoms with Crippen molar-refractivity contribution in [2.24, 2.45) is 5.10 Å². The molecule has 1 N–H and O–H groups in total. The van der Waals surface area contributed by atoms with E-state index >= 15 is 0 Å². The molecule has 0 spiro atoms. The summed E-state index contributed by atoms with van der Waals surface area (Å²) in [4.78, 5) is 24.4. The summed E-state index contributed by atoms with van der Waals surface area (Å²) >= 11 is 0. The quantitative estimate of drug-likeness (QED) is 0.931. The number of benzene rings is 2. The van der Waals surface area contributed by atoms with Gasteiger partial charge in [0, 0.05) is 19.4 Å². The molecule has 0 saturated carbocycles. The van der Waals surface area contributed by atoms with E-state index in [0.29, 0.717) is 17.8 Å². The Morgan fingerprint density at radius 1 is 1.12 bits per heavy atom. The third-order valence-corrected chi connectivity index (χ3v) is 3.94. The number of anilines is 1. The van der Waals surface area contributed by atoms with Gasteiger partial charge in [-0.2, -0.15) is 5.10 Å². The predicted octanol–water partition coefficient (Wildman–Crippen LogP) is 2.93. The molecule has 0 saturated heterocycles. The van der Waals surface area contributed by atoms with Crippen molar-refractivity contribution in [2.45, 2.75) is 26.3 Å². The van der Waals surface area contributed by atoms with Gasteiger partial charge in [0.15, 0.2) is 0 Å². The Hall–Kier alpha value is -3.02. The number of halogens is 1. The SMILES string of the molecule is Cc1ccc(N2N=C(C(=O)NCc3ccc(F)cc3)CCC2=O)cc1. The van der Waals surface area contributed by atoms with Crippen LogP contribution in [0.5, 0.6) is 0 Å². The zero-order valence-corrected chi connectivity index (χ0v) is 13.8. The molecule has 0 radical (unpaired) electrons. The number of aryl methyl sites for hydroxylation is 1. The number of nitrogens with zero attached hydrogens (tertiary/aromatic N) is 2. The van der Waals surface area contributed by atoms with Gasteiger partial charge in [0.2, 0.25) is 5.91 Å². The second-order valence-electron chi connectivity index (χ2n) is 5.90. The first-order valence-electron chi connectivity index (χ1n) is 8.02. The lowest BCUT2D eigenvalue weighted by Crippen LogP contribution is -2.38. The first-order chi connectivity index (χ1) is 12.0. The van der Waals surface area contributed by atoms with Crippen LogP contribution in [0.3, 0.4) is 0 Å². The van der Waals surface area contributed by atoms with Crippen LogP contribution >= 0.6 is 0 Å². The number of nitrogens with one attached hydrogen (secondary N) is 1. The van der Waals surface area contributed by atoms with Gasteiger partial charge in [-0.1, -0.05) is 29.8 Å². The Bertz CT molecular complexity index is 814. The largest absolute Gasteiger partial charge is 0.347 e. The highest BCUT2D eigenvalue weighted by Crippen LogP contribution is 2.20. The number of carbonyl (C=O) groups is 2. The van der Waals surface area contributed by atoms with Crippen LogP contribution in [0.4, 0.5) is 10.1 Å². The molecule has 0 bridgehead atoms. The number of hydrogen-bond acceptors (Lipinski definition) is 3. The van der Waals surface area contributed by atoms with Crippen molar-refractivity contribution in [3.8, 4) is 0 Å². The zero-order valence-electron chi connectivity index (χ0n) is 13.8. The van der Waals surface area contributed by atoms with E-state index in [-0.39, 0.29) is 30.6 Å². The van der Waals surface area contributed by atoms with Crippen molar-refractivity contribution in [3.05, 3.63) is 65.5 Å². The molecule has 0 fully saturated rings. The maximum Gasteiger partial charge on any atom is 0.267 e. The van der Waals surface area contributed by atoms with Crippen molar-refractivity contribution in [2.75, 3.05) is 5.01 Å². The van der Waals surface area contributed by atoms with E-state index in [9.17, 15) is 14.0 Å². The van der Waals surface area contributed by atoms with E-state index in [2.05, 4.69) is 10.4 Å². The predicted molar refractivity (Wildman–Crippen MR) is 93.6 cm³/mol. The highest BCUT2D eigenvalue weighted by molar-refractivity contribution is 6.40. The Balaban J connectivity index is 1.70. The monoisotopic (exact) mass is 339 g/mol. The van der Waals surface area contributed by atoms with Crippen molar-refractivity contribution >= 4 is 23.2 Å². The van der Waals surface area contributed by atoms with E-state index in [1.807, 2.05) is 19.1 Å². The molecule has 2 aromatic carbocycles. The van der Waals surface area contributed by atoms with E-state index < -0.39 is 0 Å². The fraction of sp³-hybridized carbons (Fsp3) is 0.211. The van der Waals surface area contributed by atoms with E-state index in [0.717, 1.165) is 11.1 Å². The Morgan fingerprint density at radius 2 is 1.80 bits per heavy atom. The van der Waals surface area contributed by atoms with Gasteiger partial charge in [-0.3, -0.25) is 9.59 Å². The van der Waals surface area contributed by atoms with Crippen LogP contribution in [-0.2, 0) is 16.1 Å². The molecule has 0 aromatic heterocycles. The van der Waals surface area contributed by atoms with Crippen molar-refractivity contribution < 1.29 is 14.0 Å². The third-order valence-electron chi connectivity index (χ3n) is 3.94.